The minimum atomic E-state index is -1.33. The Morgan fingerprint density at radius 1 is 1.19 bits per heavy atom. The Morgan fingerprint density at radius 2 is 1.88 bits per heavy atom. The third kappa shape index (κ3) is 4.17. The molecule has 2 heterocycles. The van der Waals surface area contributed by atoms with E-state index in [9.17, 15) is 34.2 Å². The van der Waals surface area contributed by atoms with Crippen LogP contribution in [0, 0.1) is 0 Å². The molecule has 0 spiro atoms. The van der Waals surface area contributed by atoms with Crippen LogP contribution in [0.1, 0.15) is 10.4 Å². The van der Waals surface area contributed by atoms with Crippen LogP contribution < -0.4 is 10.6 Å². The van der Waals surface area contributed by atoms with Crippen molar-refractivity contribution in [2.45, 2.75) is 6.04 Å². The van der Waals surface area contributed by atoms with Crippen molar-refractivity contribution in [3.63, 3.8) is 0 Å². The van der Waals surface area contributed by atoms with Crippen molar-refractivity contribution in [2.75, 3.05) is 39.0 Å². The molecule has 1 unspecified atom stereocenters. The normalized spacial score (nSPS) is 18.5. The third-order valence-electron chi connectivity index (χ3n) is 4.98. The van der Waals surface area contributed by atoms with E-state index in [-0.39, 0.29) is 42.6 Å². The van der Waals surface area contributed by atoms with E-state index in [1.165, 1.54) is 42.1 Å². The lowest BCUT2D eigenvalue weighted by atomic mass is 10.1. The summed E-state index contributed by atoms with van der Waals surface area (Å²) in [5.74, 6) is -4.24. The number of aromatic hydroxyl groups is 1. The molecule has 1 aromatic carbocycles. The van der Waals surface area contributed by atoms with E-state index in [1.807, 2.05) is 5.32 Å². The molecule has 12 nitrogen and oxygen atoms in total. The Balaban J connectivity index is 1.87. The van der Waals surface area contributed by atoms with Gasteiger partial charge in [0.1, 0.15) is 16.8 Å². The van der Waals surface area contributed by atoms with Gasteiger partial charge >= 0.3 is 12.0 Å². The molecule has 0 aliphatic carbocycles. The second-order valence-corrected chi connectivity index (χ2v) is 7.65. The number of piperazine rings is 1. The predicted octanol–water partition coefficient (Wildman–Crippen LogP) is -0.196. The number of carbonyl (C=O) groups excluding carboxylic acids is 4. The number of carboxylic acid groups (broad SMARTS) is 1. The highest BCUT2D eigenvalue weighted by molar-refractivity contribution is 6.48. The number of phenols is 1. The number of benzene rings is 1. The SMILES string of the molecule is CN(C)C(=O)N1CCN(C(=O)c2cccc(NC3=C(Cl)C(=O)NC3=O)c2O)C(C(=O)O)C1. The first kappa shape index (κ1) is 22.9. The molecule has 1 fully saturated rings. The van der Waals surface area contributed by atoms with Crippen molar-refractivity contribution < 1.29 is 34.2 Å². The molecule has 0 aromatic heterocycles. The highest BCUT2D eigenvalue weighted by Gasteiger charge is 2.39. The summed E-state index contributed by atoms with van der Waals surface area (Å²) >= 11 is 5.79. The molecule has 1 atom stereocenters. The van der Waals surface area contributed by atoms with E-state index < -0.39 is 40.5 Å². The van der Waals surface area contributed by atoms with Crippen molar-refractivity contribution in [1.82, 2.24) is 20.0 Å². The van der Waals surface area contributed by atoms with E-state index >= 15 is 0 Å². The minimum absolute atomic E-state index is 0.0691. The van der Waals surface area contributed by atoms with Crippen LogP contribution >= 0.6 is 11.6 Å². The molecule has 2 aliphatic rings. The van der Waals surface area contributed by atoms with Crippen LogP contribution in [0.25, 0.3) is 0 Å². The van der Waals surface area contributed by atoms with Gasteiger partial charge in [0.2, 0.25) is 0 Å². The number of anilines is 1. The number of carboxylic acids is 1. The predicted molar refractivity (Wildman–Crippen MR) is 111 cm³/mol. The van der Waals surface area contributed by atoms with Crippen LogP contribution in [0.3, 0.4) is 0 Å². The first-order valence-electron chi connectivity index (χ1n) is 9.37. The number of nitrogens with one attached hydrogen (secondary N) is 2. The lowest BCUT2D eigenvalue weighted by Gasteiger charge is -2.40. The summed E-state index contributed by atoms with van der Waals surface area (Å²) in [6.07, 6.45) is 0. The van der Waals surface area contributed by atoms with Crippen LogP contribution in [0.2, 0.25) is 0 Å². The highest BCUT2D eigenvalue weighted by atomic mass is 35.5. The van der Waals surface area contributed by atoms with Crippen molar-refractivity contribution in [3.05, 3.63) is 34.5 Å². The quantitative estimate of drug-likeness (QED) is 0.351. The molecular weight excluding hydrogens is 446 g/mol. The van der Waals surface area contributed by atoms with Gasteiger partial charge in [-0.15, -0.1) is 0 Å². The minimum Gasteiger partial charge on any atom is -0.505 e. The van der Waals surface area contributed by atoms with Gasteiger partial charge in [0.25, 0.3) is 17.7 Å². The molecule has 170 valence electrons. The Kier molecular flexibility index (Phi) is 6.25. The fourth-order valence-corrected chi connectivity index (χ4v) is 3.53. The second-order valence-electron chi connectivity index (χ2n) is 7.27. The molecular formula is C19H20ClN5O7. The van der Waals surface area contributed by atoms with Gasteiger partial charge in [-0.25, -0.2) is 9.59 Å². The molecule has 4 N–H and O–H groups in total. The Morgan fingerprint density at radius 3 is 2.44 bits per heavy atom. The zero-order valence-corrected chi connectivity index (χ0v) is 17.8. The van der Waals surface area contributed by atoms with Crippen LogP contribution in [0.15, 0.2) is 28.9 Å². The Labute approximate surface area is 187 Å². The number of aliphatic carboxylic acids is 1. The molecule has 32 heavy (non-hydrogen) atoms. The van der Waals surface area contributed by atoms with Crippen LogP contribution in [-0.2, 0) is 14.4 Å². The number of phenolic OH excluding ortho intramolecular Hbond substituents is 1. The van der Waals surface area contributed by atoms with Gasteiger partial charge in [-0.2, -0.15) is 0 Å². The smallest absolute Gasteiger partial charge is 0.328 e. The van der Waals surface area contributed by atoms with Crippen molar-refractivity contribution in [3.8, 4) is 5.75 Å². The summed E-state index contributed by atoms with van der Waals surface area (Å²) in [6.45, 7) is -0.183. The topological polar surface area (TPSA) is 160 Å². The second kappa shape index (κ2) is 8.75. The number of carbonyl (C=O) groups is 5. The van der Waals surface area contributed by atoms with Gasteiger partial charge in [0.15, 0.2) is 5.75 Å². The molecule has 0 saturated carbocycles. The summed E-state index contributed by atoms with van der Waals surface area (Å²) < 4.78 is 0. The lowest BCUT2D eigenvalue weighted by Crippen LogP contribution is -2.60. The monoisotopic (exact) mass is 465 g/mol. The molecule has 0 bridgehead atoms. The fourth-order valence-electron chi connectivity index (χ4n) is 3.35. The zero-order chi connectivity index (χ0) is 23.7. The summed E-state index contributed by atoms with van der Waals surface area (Å²) in [4.78, 5) is 64.1. The third-order valence-corrected chi connectivity index (χ3v) is 5.34. The average Bonchev–Trinajstić information content (AvgIpc) is 2.99. The number of nitrogens with zero attached hydrogens (tertiary/aromatic N) is 3. The Bertz CT molecular complexity index is 1050. The molecule has 1 aromatic rings. The highest BCUT2D eigenvalue weighted by Crippen LogP contribution is 2.32. The molecule has 2 aliphatic heterocycles. The fraction of sp³-hybridized carbons (Fsp3) is 0.316. The van der Waals surface area contributed by atoms with Crippen molar-refractivity contribution in [2.24, 2.45) is 0 Å². The average molecular weight is 466 g/mol. The maximum absolute atomic E-state index is 13.1. The first-order chi connectivity index (χ1) is 15.0. The number of hydrogen-bond donors (Lipinski definition) is 4. The molecule has 13 heteroatoms. The summed E-state index contributed by atoms with van der Waals surface area (Å²) in [5, 5.41) is 24.3. The summed E-state index contributed by atoms with van der Waals surface area (Å²) in [7, 11) is 3.07. The number of imide groups is 1. The van der Waals surface area contributed by atoms with Crippen LogP contribution in [0.4, 0.5) is 10.5 Å². The number of amides is 5. The zero-order valence-electron chi connectivity index (χ0n) is 17.1. The number of halogens is 1. The summed E-state index contributed by atoms with van der Waals surface area (Å²) in [5.41, 5.74) is -0.604. The maximum atomic E-state index is 13.1. The van der Waals surface area contributed by atoms with E-state index in [0.29, 0.717) is 0 Å². The largest absolute Gasteiger partial charge is 0.505 e. The molecule has 3 rings (SSSR count). The Hall–Kier alpha value is -3.80. The maximum Gasteiger partial charge on any atom is 0.328 e. The van der Waals surface area contributed by atoms with Crippen LogP contribution in [0.5, 0.6) is 5.75 Å². The van der Waals surface area contributed by atoms with E-state index in [2.05, 4.69) is 5.32 Å². The standard InChI is InChI=1S/C19H20ClN5O7/c1-23(2)19(32)24-6-7-25(11(8-24)18(30)31)17(29)9-4-3-5-10(14(9)26)21-13-12(20)15(27)22-16(13)28/h3-5,11,26H,6-8H2,1-2H3,(H,30,31)(H2,21,22,27,28). The van der Waals surface area contributed by atoms with Gasteiger partial charge in [0, 0.05) is 27.2 Å². The molecule has 1 saturated heterocycles. The van der Waals surface area contributed by atoms with Gasteiger partial charge in [-0.1, -0.05) is 17.7 Å². The van der Waals surface area contributed by atoms with E-state index in [4.69, 9.17) is 11.6 Å². The number of para-hydroxylation sites is 1. The lowest BCUT2D eigenvalue weighted by molar-refractivity contribution is -0.144. The van der Waals surface area contributed by atoms with E-state index in [0.717, 1.165) is 4.90 Å². The van der Waals surface area contributed by atoms with Gasteiger partial charge in [0.05, 0.1) is 17.8 Å². The number of rotatable bonds is 4. The van der Waals surface area contributed by atoms with E-state index in [1.54, 1.807) is 0 Å². The van der Waals surface area contributed by atoms with Gasteiger partial charge < -0.3 is 30.2 Å². The number of hydrogen-bond acceptors (Lipinski definition) is 7. The molecule has 5 amide bonds. The van der Waals surface area contributed by atoms with Gasteiger partial charge in [-0.05, 0) is 12.1 Å². The number of urea groups is 1. The van der Waals surface area contributed by atoms with Crippen molar-refractivity contribution >= 4 is 47.0 Å². The van der Waals surface area contributed by atoms with Crippen LogP contribution in [-0.4, -0.2) is 94.4 Å². The summed E-state index contributed by atoms with van der Waals surface area (Å²) in [6, 6.07) is 2.33. The van der Waals surface area contributed by atoms with Gasteiger partial charge in [-0.3, -0.25) is 19.7 Å². The van der Waals surface area contributed by atoms with Crippen molar-refractivity contribution in [1.29, 1.82) is 0 Å². The first-order valence-corrected chi connectivity index (χ1v) is 9.75. The molecule has 0 radical (unpaired) electrons.